The van der Waals surface area contributed by atoms with E-state index in [-0.39, 0.29) is 5.78 Å². The van der Waals surface area contributed by atoms with Gasteiger partial charge in [-0.3, -0.25) is 4.79 Å². The third kappa shape index (κ3) is 1.28. The number of ketones is 1. The van der Waals surface area contributed by atoms with Crippen molar-refractivity contribution in [2.24, 2.45) is 0 Å². The van der Waals surface area contributed by atoms with Crippen molar-refractivity contribution in [1.29, 1.82) is 0 Å². The maximum atomic E-state index is 11.5. The Bertz CT molecular complexity index is 499. The van der Waals surface area contributed by atoms with Gasteiger partial charge in [0.25, 0.3) is 0 Å². The van der Waals surface area contributed by atoms with Crippen molar-refractivity contribution in [3.63, 3.8) is 0 Å². The number of H-pyrrole nitrogens is 1. The molecule has 0 atom stereocenters. The molecule has 5 heteroatoms. The lowest BCUT2D eigenvalue weighted by Gasteiger charge is -2.08. The molecule has 3 rings (SSSR count). The first-order chi connectivity index (χ1) is 7.34. The smallest absolute Gasteiger partial charge is 0.196 e. The van der Waals surface area contributed by atoms with Crippen molar-refractivity contribution in [1.82, 2.24) is 15.3 Å². The van der Waals surface area contributed by atoms with E-state index in [2.05, 4.69) is 15.3 Å². The number of fused-ring (bicyclic) bond motifs is 1. The van der Waals surface area contributed by atoms with E-state index in [0.717, 1.165) is 5.69 Å². The van der Waals surface area contributed by atoms with E-state index >= 15 is 0 Å². The normalized spacial score (nSPS) is 15.3. The molecule has 1 aliphatic heterocycles. The van der Waals surface area contributed by atoms with E-state index in [4.69, 9.17) is 4.42 Å². The molecule has 15 heavy (non-hydrogen) atoms. The van der Waals surface area contributed by atoms with Crippen LogP contribution in [0.4, 0.5) is 0 Å². The number of aromatic amines is 1. The highest BCUT2D eigenvalue weighted by Crippen LogP contribution is 2.20. The van der Waals surface area contributed by atoms with Crippen LogP contribution in [-0.2, 0) is 6.54 Å². The molecule has 0 unspecified atom stereocenters. The number of hydrogen-bond donors (Lipinski definition) is 2. The number of furan rings is 1. The molecule has 76 valence electrons. The highest BCUT2D eigenvalue weighted by atomic mass is 16.3. The third-order valence-corrected chi connectivity index (χ3v) is 2.38. The summed E-state index contributed by atoms with van der Waals surface area (Å²) < 4.78 is 5.21. The van der Waals surface area contributed by atoms with Gasteiger partial charge in [-0.25, -0.2) is 4.98 Å². The molecule has 2 aromatic rings. The SMILES string of the molecule is O=C1CNCc2[nH]c(-c3ccco3)nc21. The van der Waals surface area contributed by atoms with Crippen molar-refractivity contribution >= 4 is 5.78 Å². The summed E-state index contributed by atoms with van der Waals surface area (Å²) in [5.74, 6) is 1.28. The van der Waals surface area contributed by atoms with Crippen LogP contribution in [0.15, 0.2) is 22.8 Å². The van der Waals surface area contributed by atoms with Crippen molar-refractivity contribution in [3.05, 3.63) is 29.8 Å². The summed E-state index contributed by atoms with van der Waals surface area (Å²) in [6, 6.07) is 3.60. The zero-order chi connectivity index (χ0) is 10.3. The Morgan fingerprint density at radius 2 is 2.33 bits per heavy atom. The van der Waals surface area contributed by atoms with Crippen LogP contribution in [0.3, 0.4) is 0 Å². The number of Topliss-reactive ketones (excluding diaryl/α,β-unsaturated/α-hetero) is 1. The minimum absolute atomic E-state index is 0.0188. The molecule has 0 aromatic carbocycles. The van der Waals surface area contributed by atoms with Crippen LogP contribution in [-0.4, -0.2) is 22.3 Å². The zero-order valence-electron chi connectivity index (χ0n) is 7.91. The van der Waals surface area contributed by atoms with Gasteiger partial charge in [0.1, 0.15) is 5.69 Å². The van der Waals surface area contributed by atoms with Crippen LogP contribution in [0, 0.1) is 0 Å². The van der Waals surface area contributed by atoms with E-state index in [0.29, 0.717) is 30.4 Å². The summed E-state index contributed by atoms with van der Waals surface area (Å²) in [6.07, 6.45) is 1.58. The monoisotopic (exact) mass is 203 g/mol. The summed E-state index contributed by atoms with van der Waals surface area (Å²) >= 11 is 0. The summed E-state index contributed by atoms with van der Waals surface area (Å²) in [5, 5.41) is 3.00. The molecule has 0 amide bonds. The van der Waals surface area contributed by atoms with E-state index in [1.54, 1.807) is 12.3 Å². The van der Waals surface area contributed by atoms with Gasteiger partial charge < -0.3 is 14.7 Å². The summed E-state index contributed by atoms with van der Waals surface area (Å²) in [6.45, 7) is 1.00. The Hall–Kier alpha value is -1.88. The summed E-state index contributed by atoms with van der Waals surface area (Å²) in [7, 11) is 0. The molecule has 0 bridgehead atoms. The van der Waals surface area contributed by atoms with Crippen LogP contribution in [0.25, 0.3) is 11.6 Å². The molecule has 0 fully saturated rings. The quantitative estimate of drug-likeness (QED) is 0.724. The lowest BCUT2D eigenvalue weighted by Crippen LogP contribution is -2.29. The number of hydrogen-bond acceptors (Lipinski definition) is 4. The van der Waals surface area contributed by atoms with Crippen LogP contribution < -0.4 is 5.32 Å². The molecular weight excluding hydrogens is 194 g/mol. The molecule has 0 aliphatic carbocycles. The molecular formula is C10H9N3O2. The van der Waals surface area contributed by atoms with Crippen molar-refractivity contribution in [2.75, 3.05) is 6.54 Å². The van der Waals surface area contributed by atoms with Gasteiger partial charge in [0, 0.05) is 6.54 Å². The van der Waals surface area contributed by atoms with Gasteiger partial charge in [0.05, 0.1) is 18.5 Å². The van der Waals surface area contributed by atoms with Crippen LogP contribution in [0.5, 0.6) is 0 Å². The van der Waals surface area contributed by atoms with Gasteiger partial charge in [0.15, 0.2) is 17.4 Å². The number of carbonyl (C=O) groups is 1. The molecule has 0 radical (unpaired) electrons. The number of carbonyl (C=O) groups excluding carboxylic acids is 1. The topological polar surface area (TPSA) is 70.9 Å². The lowest BCUT2D eigenvalue weighted by molar-refractivity contribution is 0.0977. The molecule has 5 nitrogen and oxygen atoms in total. The lowest BCUT2D eigenvalue weighted by atomic mass is 10.2. The fourth-order valence-electron chi connectivity index (χ4n) is 1.68. The fourth-order valence-corrected chi connectivity index (χ4v) is 1.68. The zero-order valence-corrected chi connectivity index (χ0v) is 7.91. The Morgan fingerprint density at radius 3 is 3.07 bits per heavy atom. The van der Waals surface area contributed by atoms with E-state index in [1.165, 1.54) is 0 Å². The second-order valence-electron chi connectivity index (χ2n) is 3.42. The number of aromatic nitrogens is 2. The molecule has 0 saturated carbocycles. The highest BCUT2D eigenvalue weighted by Gasteiger charge is 2.22. The largest absolute Gasteiger partial charge is 0.461 e. The van der Waals surface area contributed by atoms with Gasteiger partial charge in [0.2, 0.25) is 0 Å². The maximum absolute atomic E-state index is 11.5. The minimum atomic E-state index is 0.0188. The van der Waals surface area contributed by atoms with Gasteiger partial charge in [-0.05, 0) is 12.1 Å². The van der Waals surface area contributed by atoms with E-state index < -0.39 is 0 Å². The Balaban J connectivity index is 2.09. The van der Waals surface area contributed by atoms with E-state index in [9.17, 15) is 4.79 Å². The van der Waals surface area contributed by atoms with Gasteiger partial charge >= 0.3 is 0 Å². The van der Waals surface area contributed by atoms with Crippen LogP contribution in [0.2, 0.25) is 0 Å². The standard InChI is InChI=1S/C10H9N3O2/c14-7-5-11-4-6-9(7)13-10(12-6)8-2-1-3-15-8/h1-3,11H,4-5H2,(H,12,13). The van der Waals surface area contributed by atoms with Crippen molar-refractivity contribution in [2.45, 2.75) is 6.54 Å². The number of nitrogens with one attached hydrogen (secondary N) is 2. The van der Waals surface area contributed by atoms with Gasteiger partial charge in [-0.2, -0.15) is 0 Å². The average Bonchev–Trinajstić information content (AvgIpc) is 2.86. The molecule has 1 aliphatic rings. The first-order valence-electron chi connectivity index (χ1n) is 4.71. The van der Waals surface area contributed by atoms with Crippen molar-refractivity contribution in [3.8, 4) is 11.6 Å². The molecule has 0 saturated heterocycles. The van der Waals surface area contributed by atoms with E-state index in [1.807, 2.05) is 6.07 Å². The van der Waals surface area contributed by atoms with Gasteiger partial charge in [-0.15, -0.1) is 0 Å². The Morgan fingerprint density at radius 1 is 1.40 bits per heavy atom. The second-order valence-corrected chi connectivity index (χ2v) is 3.42. The second kappa shape index (κ2) is 3.06. The van der Waals surface area contributed by atoms with Crippen LogP contribution in [0.1, 0.15) is 16.2 Å². The first-order valence-corrected chi connectivity index (χ1v) is 4.71. The van der Waals surface area contributed by atoms with Crippen LogP contribution >= 0.6 is 0 Å². The van der Waals surface area contributed by atoms with Crippen molar-refractivity contribution < 1.29 is 9.21 Å². The maximum Gasteiger partial charge on any atom is 0.196 e. The first kappa shape index (κ1) is 8.43. The Labute approximate surface area is 85.5 Å². The number of rotatable bonds is 1. The number of imidazole rings is 1. The summed E-state index contributed by atoms with van der Waals surface area (Å²) in [5.41, 5.74) is 1.36. The minimum Gasteiger partial charge on any atom is -0.461 e. The highest BCUT2D eigenvalue weighted by molar-refractivity contribution is 5.98. The molecule has 0 spiro atoms. The third-order valence-electron chi connectivity index (χ3n) is 2.38. The average molecular weight is 203 g/mol. The predicted molar refractivity (Wildman–Crippen MR) is 52.3 cm³/mol. The molecule has 2 N–H and O–H groups in total. The fraction of sp³-hybridized carbons (Fsp3) is 0.200. The Kier molecular flexibility index (Phi) is 1.72. The predicted octanol–water partition coefficient (Wildman–Crippen LogP) is 0.956. The molecule has 3 heterocycles. The number of nitrogens with zero attached hydrogens (tertiary/aromatic N) is 1. The van der Waals surface area contributed by atoms with Gasteiger partial charge in [-0.1, -0.05) is 0 Å². The summed E-state index contributed by atoms with van der Waals surface area (Å²) in [4.78, 5) is 18.8. The molecule has 2 aromatic heterocycles.